The van der Waals surface area contributed by atoms with Crippen LogP contribution in [0.15, 0.2) is 30.3 Å². The maximum atomic E-state index is 12.5. The van der Waals surface area contributed by atoms with Crippen molar-refractivity contribution in [1.82, 2.24) is 14.7 Å². The van der Waals surface area contributed by atoms with Crippen LogP contribution in [0.3, 0.4) is 0 Å². The number of hydrogen-bond acceptors (Lipinski definition) is 3. The third-order valence-corrected chi connectivity index (χ3v) is 4.86. The Hall–Kier alpha value is -2.34. The summed E-state index contributed by atoms with van der Waals surface area (Å²) in [6, 6.07) is 9.65. The highest BCUT2D eigenvalue weighted by Crippen LogP contribution is 2.22. The van der Waals surface area contributed by atoms with Gasteiger partial charge in [-0.05, 0) is 63.8 Å². The van der Waals surface area contributed by atoms with Crippen molar-refractivity contribution >= 4 is 11.7 Å². The number of piperidine rings is 1. The van der Waals surface area contributed by atoms with Gasteiger partial charge in [-0.1, -0.05) is 6.07 Å². The van der Waals surface area contributed by atoms with Crippen LogP contribution in [0.4, 0.5) is 10.5 Å². The topological polar surface area (TPSA) is 70.4 Å². The molecular weight excluding hydrogens is 316 g/mol. The molecule has 2 amide bonds. The van der Waals surface area contributed by atoms with Crippen LogP contribution >= 0.6 is 0 Å². The van der Waals surface area contributed by atoms with Gasteiger partial charge in [0.15, 0.2) is 0 Å². The van der Waals surface area contributed by atoms with Crippen molar-refractivity contribution in [1.29, 1.82) is 0 Å². The van der Waals surface area contributed by atoms with E-state index in [2.05, 4.69) is 10.4 Å². The number of amides is 2. The highest BCUT2D eigenvalue weighted by atomic mass is 16.3. The third-order valence-electron chi connectivity index (χ3n) is 4.86. The molecule has 0 bridgehead atoms. The number of benzene rings is 1. The summed E-state index contributed by atoms with van der Waals surface area (Å²) >= 11 is 0. The number of nitrogens with zero attached hydrogens (tertiary/aromatic N) is 3. The number of aliphatic hydroxyl groups is 1. The summed E-state index contributed by atoms with van der Waals surface area (Å²) in [5.41, 5.74) is 3.71. The van der Waals surface area contributed by atoms with Gasteiger partial charge in [-0.3, -0.25) is 0 Å². The number of aryl methyl sites for hydroxylation is 2. The van der Waals surface area contributed by atoms with E-state index in [4.69, 9.17) is 0 Å². The molecule has 2 aromatic rings. The summed E-state index contributed by atoms with van der Waals surface area (Å²) in [6.45, 7) is 7.16. The Morgan fingerprint density at radius 3 is 2.60 bits per heavy atom. The number of likely N-dealkylation sites (tertiary alicyclic amines) is 1. The molecule has 134 valence electrons. The summed E-state index contributed by atoms with van der Waals surface area (Å²) in [7, 11) is 0. The van der Waals surface area contributed by atoms with Crippen LogP contribution in [0.1, 0.15) is 31.2 Å². The Balaban J connectivity index is 1.66. The zero-order valence-corrected chi connectivity index (χ0v) is 15.1. The lowest BCUT2D eigenvalue weighted by Crippen LogP contribution is -2.42. The van der Waals surface area contributed by atoms with Crippen molar-refractivity contribution < 1.29 is 9.90 Å². The number of carbonyl (C=O) groups excluding carboxylic acids is 1. The van der Waals surface area contributed by atoms with E-state index in [0.717, 1.165) is 35.6 Å². The lowest BCUT2D eigenvalue weighted by molar-refractivity contribution is 0.0820. The van der Waals surface area contributed by atoms with Crippen LogP contribution in [0.25, 0.3) is 5.69 Å². The lowest BCUT2D eigenvalue weighted by Gasteiger charge is -2.33. The van der Waals surface area contributed by atoms with E-state index in [0.29, 0.717) is 19.0 Å². The van der Waals surface area contributed by atoms with Crippen molar-refractivity contribution in [3.8, 4) is 5.69 Å². The maximum Gasteiger partial charge on any atom is 0.321 e. The fourth-order valence-electron chi connectivity index (χ4n) is 3.39. The highest BCUT2D eigenvalue weighted by molar-refractivity contribution is 5.89. The molecule has 25 heavy (non-hydrogen) atoms. The number of hydrogen-bond donors (Lipinski definition) is 2. The second-order valence-corrected chi connectivity index (χ2v) is 6.88. The number of carbonyl (C=O) groups is 1. The van der Waals surface area contributed by atoms with Gasteiger partial charge in [-0.2, -0.15) is 5.10 Å². The van der Waals surface area contributed by atoms with Crippen LogP contribution in [-0.4, -0.2) is 45.0 Å². The summed E-state index contributed by atoms with van der Waals surface area (Å²) in [4.78, 5) is 14.3. The molecule has 1 aliphatic heterocycles. The molecule has 3 rings (SSSR count). The molecule has 1 aromatic carbocycles. The molecule has 2 heterocycles. The molecule has 1 unspecified atom stereocenters. The van der Waals surface area contributed by atoms with Crippen LogP contribution < -0.4 is 5.32 Å². The molecule has 0 aliphatic carbocycles. The Kier molecular flexibility index (Phi) is 5.08. The zero-order chi connectivity index (χ0) is 18.0. The summed E-state index contributed by atoms with van der Waals surface area (Å²) in [6.07, 6.45) is 1.39. The summed E-state index contributed by atoms with van der Waals surface area (Å²) in [5.74, 6) is 0.290. The first kappa shape index (κ1) is 17.5. The molecule has 2 N–H and O–H groups in total. The molecule has 0 radical (unpaired) electrons. The van der Waals surface area contributed by atoms with Crippen LogP contribution in [0.2, 0.25) is 0 Å². The predicted octanol–water partition coefficient (Wildman–Crippen LogP) is 3.11. The Labute approximate surface area is 148 Å². The standard InChI is InChI=1S/C19H26N4O2/c1-13-11-14(2)23(21-13)18-6-4-5-17(12-18)20-19(25)22-9-7-16(8-10-22)15(3)24/h4-6,11-12,15-16,24H,7-10H2,1-3H3,(H,20,25). The first-order valence-corrected chi connectivity index (χ1v) is 8.82. The Morgan fingerprint density at radius 1 is 1.28 bits per heavy atom. The van der Waals surface area contributed by atoms with E-state index >= 15 is 0 Å². The lowest BCUT2D eigenvalue weighted by atomic mass is 9.92. The van der Waals surface area contributed by atoms with E-state index in [1.54, 1.807) is 0 Å². The molecule has 1 atom stereocenters. The van der Waals surface area contributed by atoms with Gasteiger partial charge in [-0.25, -0.2) is 9.48 Å². The van der Waals surface area contributed by atoms with Gasteiger partial charge in [0.1, 0.15) is 0 Å². The number of nitrogens with one attached hydrogen (secondary N) is 1. The van der Waals surface area contributed by atoms with Gasteiger partial charge in [0.2, 0.25) is 0 Å². The van der Waals surface area contributed by atoms with Crippen LogP contribution in [0, 0.1) is 19.8 Å². The minimum atomic E-state index is -0.303. The van der Waals surface area contributed by atoms with Gasteiger partial charge in [-0.15, -0.1) is 0 Å². The molecule has 1 saturated heterocycles. The quantitative estimate of drug-likeness (QED) is 0.900. The SMILES string of the molecule is Cc1cc(C)n(-c2cccc(NC(=O)N3CCC(C(C)O)CC3)c2)n1. The molecular formula is C19H26N4O2. The molecule has 0 saturated carbocycles. The van der Waals surface area contributed by atoms with E-state index in [-0.39, 0.29) is 12.1 Å². The number of rotatable bonds is 3. The minimum Gasteiger partial charge on any atom is -0.393 e. The average molecular weight is 342 g/mol. The van der Waals surface area contributed by atoms with Gasteiger partial charge in [0, 0.05) is 24.5 Å². The molecule has 1 fully saturated rings. The van der Waals surface area contributed by atoms with E-state index in [9.17, 15) is 9.90 Å². The zero-order valence-electron chi connectivity index (χ0n) is 15.1. The Bertz CT molecular complexity index is 746. The van der Waals surface area contributed by atoms with Crippen molar-refractivity contribution in [3.63, 3.8) is 0 Å². The second kappa shape index (κ2) is 7.27. The Morgan fingerprint density at radius 2 is 2.00 bits per heavy atom. The molecule has 0 spiro atoms. The van der Waals surface area contributed by atoms with Crippen molar-refractivity contribution in [2.75, 3.05) is 18.4 Å². The first-order chi connectivity index (χ1) is 11.9. The average Bonchev–Trinajstić information content (AvgIpc) is 2.93. The van der Waals surface area contributed by atoms with E-state index in [1.165, 1.54) is 0 Å². The number of aliphatic hydroxyl groups excluding tert-OH is 1. The molecule has 6 nitrogen and oxygen atoms in total. The van der Waals surface area contributed by atoms with E-state index in [1.807, 2.05) is 60.7 Å². The molecule has 6 heteroatoms. The van der Waals surface area contributed by atoms with Crippen molar-refractivity contribution in [2.45, 2.75) is 39.7 Å². The van der Waals surface area contributed by atoms with Crippen LogP contribution in [0.5, 0.6) is 0 Å². The fourth-order valence-corrected chi connectivity index (χ4v) is 3.39. The molecule has 1 aromatic heterocycles. The number of aromatic nitrogens is 2. The largest absolute Gasteiger partial charge is 0.393 e. The second-order valence-electron chi connectivity index (χ2n) is 6.88. The van der Waals surface area contributed by atoms with Gasteiger partial charge >= 0.3 is 6.03 Å². The molecule has 1 aliphatic rings. The monoisotopic (exact) mass is 342 g/mol. The summed E-state index contributed by atoms with van der Waals surface area (Å²) < 4.78 is 1.87. The van der Waals surface area contributed by atoms with E-state index < -0.39 is 0 Å². The smallest absolute Gasteiger partial charge is 0.321 e. The number of urea groups is 1. The van der Waals surface area contributed by atoms with Gasteiger partial charge in [0.25, 0.3) is 0 Å². The number of anilines is 1. The highest BCUT2D eigenvalue weighted by Gasteiger charge is 2.25. The fraction of sp³-hybridized carbons (Fsp3) is 0.474. The minimum absolute atomic E-state index is 0.0884. The first-order valence-electron chi connectivity index (χ1n) is 8.82. The van der Waals surface area contributed by atoms with Crippen LogP contribution in [-0.2, 0) is 0 Å². The van der Waals surface area contributed by atoms with Crippen molar-refractivity contribution in [3.05, 3.63) is 41.7 Å². The van der Waals surface area contributed by atoms with Crippen molar-refractivity contribution in [2.24, 2.45) is 5.92 Å². The van der Waals surface area contributed by atoms with Gasteiger partial charge in [0.05, 0.1) is 17.5 Å². The third kappa shape index (κ3) is 4.02. The summed E-state index contributed by atoms with van der Waals surface area (Å²) in [5, 5.41) is 17.1. The van der Waals surface area contributed by atoms with Gasteiger partial charge < -0.3 is 15.3 Å². The maximum absolute atomic E-state index is 12.5. The normalized spacial score (nSPS) is 16.7. The predicted molar refractivity (Wildman–Crippen MR) is 98.0 cm³/mol.